The molecule has 1 aliphatic rings. The third-order valence-electron chi connectivity index (χ3n) is 1.88. The largest absolute Gasteiger partial charge is 0.306 e. The molecule has 1 unspecified atom stereocenters. The summed E-state index contributed by atoms with van der Waals surface area (Å²) in [4.78, 5) is 0. The second-order valence-electron chi connectivity index (χ2n) is 2.62. The lowest BCUT2D eigenvalue weighted by molar-refractivity contribution is 0.251. The summed E-state index contributed by atoms with van der Waals surface area (Å²) < 4.78 is 31.8. The predicted octanol–water partition coefficient (Wildman–Crippen LogP) is 1.49. The fraction of sp³-hybridized carbons (Fsp3) is 1.00. The van der Waals surface area contributed by atoms with Crippen molar-refractivity contribution in [3.63, 3.8) is 0 Å². The minimum atomic E-state index is -1.96. The molecule has 0 aromatic rings. The highest BCUT2D eigenvalue weighted by molar-refractivity contribution is 7.79. The summed E-state index contributed by atoms with van der Waals surface area (Å²) in [5.74, 6) is 0. The van der Waals surface area contributed by atoms with Gasteiger partial charge in [0.1, 0.15) is 6.17 Å². The van der Waals surface area contributed by atoms with E-state index in [-0.39, 0.29) is 0 Å². The fourth-order valence-corrected chi connectivity index (χ4v) is 2.04. The van der Waals surface area contributed by atoms with Crippen LogP contribution in [-0.2, 0) is 11.1 Å². The summed E-state index contributed by atoms with van der Waals surface area (Å²) >= 11 is -1.96. The van der Waals surface area contributed by atoms with Crippen LogP contribution >= 0.6 is 0 Å². The second-order valence-corrected chi connectivity index (χ2v) is 3.77. The maximum absolute atomic E-state index is 12.7. The zero-order valence-electron chi connectivity index (χ0n) is 5.62. The first kappa shape index (κ1) is 8.14. The van der Waals surface area contributed by atoms with Crippen LogP contribution < -0.4 is 0 Å². The molecule has 60 valence electrons. The van der Waals surface area contributed by atoms with Gasteiger partial charge < -0.3 is 4.55 Å². The topological polar surface area (TPSA) is 37.3 Å². The Bertz CT molecular complexity index is 140. The van der Waals surface area contributed by atoms with Crippen LogP contribution in [0.25, 0.3) is 0 Å². The quantitative estimate of drug-likeness (QED) is 0.599. The Morgan fingerprint density at radius 1 is 1.40 bits per heavy atom. The first-order valence-corrected chi connectivity index (χ1v) is 4.62. The Balaban J connectivity index is 2.47. The summed E-state index contributed by atoms with van der Waals surface area (Å²) in [6, 6.07) is 0. The molecule has 0 amide bonds. The molecular weight excluding hydrogens is 155 g/mol. The van der Waals surface area contributed by atoms with E-state index in [0.29, 0.717) is 12.8 Å². The molecular formula is C6H11FO2S. The SMILES string of the molecule is O=S(O)[C@H]1CCCC[C@H]1F. The molecule has 2 nitrogen and oxygen atoms in total. The number of hydrogen-bond donors (Lipinski definition) is 1. The average Bonchev–Trinajstić information content (AvgIpc) is 1.88. The standard InChI is InChI=1S/C6H11FO2S/c7-5-3-1-2-4-6(5)10(8)9/h5-6H,1-4H2,(H,8,9)/t5-,6+/m1/s1. The van der Waals surface area contributed by atoms with Gasteiger partial charge in [-0.25, -0.2) is 8.60 Å². The van der Waals surface area contributed by atoms with Crippen LogP contribution in [0.2, 0.25) is 0 Å². The van der Waals surface area contributed by atoms with Gasteiger partial charge in [0.25, 0.3) is 0 Å². The normalized spacial score (nSPS) is 37.4. The van der Waals surface area contributed by atoms with Crippen molar-refractivity contribution < 1.29 is 13.2 Å². The van der Waals surface area contributed by atoms with Crippen LogP contribution in [0.1, 0.15) is 25.7 Å². The number of halogens is 1. The third kappa shape index (κ3) is 1.76. The predicted molar refractivity (Wildman–Crippen MR) is 37.9 cm³/mol. The molecule has 1 rings (SSSR count). The summed E-state index contributed by atoms with van der Waals surface area (Å²) in [5.41, 5.74) is 0. The molecule has 1 aliphatic carbocycles. The molecule has 0 heterocycles. The molecule has 1 N–H and O–H groups in total. The molecule has 0 bridgehead atoms. The van der Waals surface area contributed by atoms with Crippen LogP contribution in [0.4, 0.5) is 4.39 Å². The van der Waals surface area contributed by atoms with Crippen LogP contribution in [-0.4, -0.2) is 20.2 Å². The minimum absolute atomic E-state index is 0.455. The molecule has 0 radical (unpaired) electrons. The molecule has 3 atom stereocenters. The van der Waals surface area contributed by atoms with Gasteiger partial charge in [-0.05, 0) is 12.8 Å². The Morgan fingerprint density at radius 2 is 2.00 bits per heavy atom. The van der Waals surface area contributed by atoms with Gasteiger partial charge in [-0.15, -0.1) is 0 Å². The summed E-state index contributed by atoms with van der Waals surface area (Å²) in [6.45, 7) is 0. The van der Waals surface area contributed by atoms with E-state index in [1.165, 1.54) is 0 Å². The summed E-state index contributed by atoms with van der Waals surface area (Å²) in [6.07, 6.45) is 1.70. The van der Waals surface area contributed by atoms with Gasteiger partial charge in [-0.2, -0.15) is 0 Å². The first-order valence-electron chi connectivity index (χ1n) is 3.45. The van der Waals surface area contributed by atoms with Gasteiger partial charge in [-0.3, -0.25) is 0 Å². The monoisotopic (exact) mass is 166 g/mol. The second kappa shape index (κ2) is 3.44. The fourth-order valence-electron chi connectivity index (χ4n) is 1.28. The van der Waals surface area contributed by atoms with E-state index in [4.69, 9.17) is 4.55 Å². The Labute approximate surface area is 62.1 Å². The van der Waals surface area contributed by atoms with Gasteiger partial charge in [0.05, 0.1) is 5.25 Å². The molecule has 1 fully saturated rings. The number of hydrogen-bond acceptors (Lipinski definition) is 1. The van der Waals surface area contributed by atoms with Crippen molar-refractivity contribution in [2.75, 3.05) is 0 Å². The lowest BCUT2D eigenvalue weighted by Gasteiger charge is -2.21. The van der Waals surface area contributed by atoms with Crippen molar-refractivity contribution in [2.24, 2.45) is 0 Å². The number of rotatable bonds is 1. The van der Waals surface area contributed by atoms with Crippen LogP contribution in [0, 0.1) is 0 Å². The van der Waals surface area contributed by atoms with E-state index in [1.54, 1.807) is 0 Å². The van der Waals surface area contributed by atoms with E-state index >= 15 is 0 Å². The lowest BCUT2D eigenvalue weighted by Crippen LogP contribution is -2.29. The maximum atomic E-state index is 12.7. The smallest absolute Gasteiger partial charge is 0.158 e. The van der Waals surface area contributed by atoms with Gasteiger partial charge in [0.2, 0.25) is 0 Å². The molecule has 4 heteroatoms. The third-order valence-corrected chi connectivity index (χ3v) is 2.93. The lowest BCUT2D eigenvalue weighted by atomic mass is 9.98. The van der Waals surface area contributed by atoms with E-state index in [2.05, 4.69) is 0 Å². The van der Waals surface area contributed by atoms with Crippen molar-refractivity contribution in [3.05, 3.63) is 0 Å². The highest BCUT2D eigenvalue weighted by atomic mass is 32.2. The van der Waals surface area contributed by atoms with Crippen molar-refractivity contribution in [1.82, 2.24) is 0 Å². The molecule has 1 saturated carbocycles. The molecule has 0 aromatic carbocycles. The van der Waals surface area contributed by atoms with Gasteiger partial charge >= 0.3 is 0 Å². The molecule has 0 spiro atoms. The van der Waals surface area contributed by atoms with Gasteiger partial charge in [0.15, 0.2) is 11.1 Å². The Morgan fingerprint density at radius 3 is 2.40 bits per heavy atom. The number of alkyl halides is 1. The zero-order chi connectivity index (χ0) is 7.56. The molecule has 0 aliphatic heterocycles. The minimum Gasteiger partial charge on any atom is -0.306 e. The van der Waals surface area contributed by atoms with Crippen molar-refractivity contribution in [1.29, 1.82) is 0 Å². The Kier molecular flexibility index (Phi) is 2.80. The van der Waals surface area contributed by atoms with E-state index in [0.717, 1.165) is 12.8 Å². The van der Waals surface area contributed by atoms with Gasteiger partial charge in [-0.1, -0.05) is 12.8 Å². The first-order chi connectivity index (χ1) is 4.72. The van der Waals surface area contributed by atoms with Crippen molar-refractivity contribution in [3.8, 4) is 0 Å². The molecule has 0 aromatic heterocycles. The Hall–Kier alpha value is 0.0400. The van der Waals surface area contributed by atoms with Crippen molar-refractivity contribution >= 4 is 11.1 Å². The van der Waals surface area contributed by atoms with Crippen LogP contribution in [0.3, 0.4) is 0 Å². The maximum Gasteiger partial charge on any atom is 0.158 e. The average molecular weight is 166 g/mol. The van der Waals surface area contributed by atoms with E-state index < -0.39 is 22.5 Å². The highest BCUT2D eigenvalue weighted by Gasteiger charge is 2.28. The van der Waals surface area contributed by atoms with E-state index in [1.807, 2.05) is 0 Å². The summed E-state index contributed by atoms with van der Waals surface area (Å²) in [5, 5.41) is -0.617. The van der Waals surface area contributed by atoms with Crippen LogP contribution in [0.15, 0.2) is 0 Å². The van der Waals surface area contributed by atoms with E-state index in [9.17, 15) is 8.60 Å². The molecule has 10 heavy (non-hydrogen) atoms. The van der Waals surface area contributed by atoms with Crippen LogP contribution in [0.5, 0.6) is 0 Å². The highest BCUT2D eigenvalue weighted by Crippen LogP contribution is 2.24. The van der Waals surface area contributed by atoms with Gasteiger partial charge in [0, 0.05) is 0 Å². The summed E-state index contributed by atoms with van der Waals surface area (Å²) in [7, 11) is 0. The molecule has 0 saturated heterocycles. The zero-order valence-corrected chi connectivity index (χ0v) is 6.44. The van der Waals surface area contributed by atoms with Crippen molar-refractivity contribution in [2.45, 2.75) is 37.1 Å².